The van der Waals surface area contributed by atoms with Crippen LogP contribution in [0.4, 0.5) is 0 Å². The number of alkyl halides is 1. The zero-order valence-corrected chi connectivity index (χ0v) is 10.2. The number of rotatable bonds is 0. The number of thioether (sulfide) groups is 1. The van der Waals surface area contributed by atoms with Crippen molar-refractivity contribution in [3.63, 3.8) is 0 Å². The Morgan fingerprint density at radius 3 is 2.62 bits per heavy atom. The Morgan fingerprint density at radius 2 is 1.75 bits per heavy atom. The molecule has 0 N–H and O–H groups in total. The fraction of sp³-hybridized carbons (Fsp3) is 0.143. The fourth-order valence-electron chi connectivity index (χ4n) is 1.93. The van der Waals surface area contributed by atoms with Gasteiger partial charge >= 0.3 is 0 Å². The minimum absolute atomic E-state index is 0.876. The molecule has 0 aromatic heterocycles. The van der Waals surface area contributed by atoms with E-state index in [4.69, 9.17) is 13.0 Å². The second kappa shape index (κ2) is 4.15. The van der Waals surface area contributed by atoms with Gasteiger partial charge in [-0.15, -0.1) is 23.4 Å². The summed E-state index contributed by atoms with van der Waals surface area (Å²) in [6, 6.07) is 15.9. The maximum Gasteiger partial charge on any atom is 0.0849 e. The maximum absolute atomic E-state index is 8.48. The van der Waals surface area contributed by atoms with Gasteiger partial charge in [0.05, 0.1) is 6.72 Å². The predicted molar refractivity (Wildman–Crippen MR) is 70.1 cm³/mol. The van der Waals surface area contributed by atoms with E-state index in [1.807, 2.05) is 42.5 Å². The Kier molecular flexibility index (Phi) is 2.37. The van der Waals surface area contributed by atoms with Crippen LogP contribution in [0, 0.1) is 0 Å². The molecule has 0 fully saturated rings. The van der Waals surface area contributed by atoms with Crippen molar-refractivity contribution in [2.75, 3.05) is 0 Å². The summed E-state index contributed by atoms with van der Waals surface area (Å²) in [6.07, 6.45) is 0. The summed E-state index contributed by atoms with van der Waals surface area (Å²) in [5, 5.41) is -1.17. The van der Waals surface area contributed by atoms with E-state index in [-0.39, 0.29) is 0 Å². The Morgan fingerprint density at radius 1 is 1.06 bits per heavy atom. The topological polar surface area (TPSA) is 0 Å². The van der Waals surface area contributed by atoms with Gasteiger partial charge in [0.15, 0.2) is 0 Å². The van der Waals surface area contributed by atoms with Gasteiger partial charge in [-0.3, -0.25) is 0 Å². The van der Waals surface area contributed by atoms with E-state index in [2.05, 4.69) is 6.07 Å². The van der Waals surface area contributed by atoms with Gasteiger partial charge in [0.1, 0.15) is 0 Å². The Labute approximate surface area is 106 Å². The second-order valence-corrected chi connectivity index (χ2v) is 5.15. The van der Waals surface area contributed by atoms with E-state index in [0.29, 0.717) is 0 Å². The number of hydrogen-bond donors (Lipinski definition) is 0. The molecule has 1 aliphatic heterocycles. The maximum atomic E-state index is 8.48. The van der Waals surface area contributed by atoms with Crippen LogP contribution in [0.2, 0.25) is 0 Å². The van der Waals surface area contributed by atoms with E-state index in [1.54, 1.807) is 11.8 Å². The molecule has 1 atom stereocenters. The van der Waals surface area contributed by atoms with E-state index in [0.717, 1.165) is 27.3 Å². The highest BCUT2D eigenvalue weighted by Crippen LogP contribution is 2.42. The van der Waals surface area contributed by atoms with Crippen LogP contribution in [0.5, 0.6) is 0 Å². The standard InChI is InChI=1S/C14H11ClS/c15-14-11-6-2-1-5-10(11)9-16-13-8-4-3-7-12(13)14/h1-8,14H,9H2/i14D. The van der Waals surface area contributed by atoms with Crippen molar-refractivity contribution in [3.05, 3.63) is 65.2 Å². The molecular formula is C14H11ClS. The highest BCUT2D eigenvalue weighted by Gasteiger charge is 2.20. The summed E-state index contributed by atoms with van der Waals surface area (Å²) < 4.78 is 8.48. The third kappa shape index (κ3) is 1.64. The highest BCUT2D eigenvalue weighted by atomic mass is 35.5. The summed E-state index contributed by atoms with van der Waals surface area (Å²) in [4.78, 5) is 1.11. The minimum atomic E-state index is -1.17. The van der Waals surface area contributed by atoms with Gasteiger partial charge in [-0.25, -0.2) is 0 Å². The highest BCUT2D eigenvalue weighted by molar-refractivity contribution is 7.98. The van der Waals surface area contributed by atoms with Gasteiger partial charge in [0.2, 0.25) is 0 Å². The first-order valence-electron chi connectivity index (χ1n) is 5.69. The lowest BCUT2D eigenvalue weighted by molar-refractivity contribution is 1.08. The second-order valence-electron chi connectivity index (χ2n) is 3.76. The van der Waals surface area contributed by atoms with Crippen LogP contribution in [0.1, 0.15) is 23.4 Å². The first-order chi connectivity index (χ1) is 8.19. The molecule has 3 rings (SSSR count). The quantitative estimate of drug-likeness (QED) is 0.612. The predicted octanol–water partition coefficient (Wildman–Crippen LogP) is 4.62. The van der Waals surface area contributed by atoms with Crippen LogP contribution >= 0.6 is 23.4 Å². The first kappa shape index (κ1) is 9.15. The van der Waals surface area contributed by atoms with Gasteiger partial charge in [0.25, 0.3) is 0 Å². The van der Waals surface area contributed by atoms with Gasteiger partial charge in [0, 0.05) is 10.6 Å². The smallest absolute Gasteiger partial charge is 0.0849 e. The van der Waals surface area contributed by atoms with E-state index < -0.39 is 5.35 Å². The van der Waals surface area contributed by atoms with Crippen LogP contribution in [-0.4, -0.2) is 0 Å². The number of hydrogen-bond acceptors (Lipinski definition) is 1. The third-order valence-corrected chi connectivity index (χ3v) is 4.29. The number of halogens is 1. The largest absolute Gasteiger partial charge is 0.121 e. The van der Waals surface area contributed by atoms with Gasteiger partial charge in [-0.2, -0.15) is 0 Å². The molecule has 2 aromatic carbocycles. The molecule has 0 amide bonds. The molecule has 80 valence electrons. The van der Waals surface area contributed by atoms with E-state index in [1.165, 1.54) is 0 Å². The summed E-state index contributed by atoms with van der Waals surface area (Å²) >= 11 is 8.24. The number of fused-ring (bicyclic) bond motifs is 2. The molecule has 0 aliphatic carbocycles. The van der Waals surface area contributed by atoms with Gasteiger partial charge in [-0.05, 0) is 22.8 Å². The zero-order chi connectivity index (χ0) is 11.9. The van der Waals surface area contributed by atoms with Gasteiger partial charge in [-0.1, -0.05) is 42.5 Å². The van der Waals surface area contributed by atoms with Crippen molar-refractivity contribution in [3.8, 4) is 0 Å². The summed E-state index contributed by atoms with van der Waals surface area (Å²) in [6.45, 7) is 0. The first-order valence-corrected chi connectivity index (χ1v) is 6.55. The monoisotopic (exact) mass is 247 g/mol. The minimum Gasteiger partial charge on any atom is -0.121 e. The molecule has 2 heteroatoms. The van der Waals surface area contributed by atoms with Crippen molar-refractivity contribution in [1.29, 1.82) is 0 Å². The van der Waals surface area contributed by atoms with Gasteiger partial charge < -0.3 is 0 Å². The van der Waals surface area contributed by atoms with Crippen molar-refractivity contribution in [2.45, 2.75) is 16.0 Å². The SMILES string of the molecule is [2H]C1(Cl)c2ccccc2CSc2ccccc21. The molecule has 1 unspecified atom stereocenters. The molecule has 0 saturated heterocycles. The van der Waals surface area contributed by atoms with E-state index >= 15 is 0 Å². The van der Waals surface area contributed by atoms with Crippen LogP contribution in [0.25, 0.3) is 0 Å². The normalized spacial score (nSPS) is 23.9. The Bertz CT molecular complexity index is 516. The summed E-state index contributed by atoms with van der Waals surface area (Å²) in [7, 11) is 0. The van der Waals surface area contributed by atoms with E-state index in [9.17, 15) is 0 Å². The van der Waals surface area contributed by atoms with Crippen LogP contribution in [0.3, 0.4) is 0 Å². The Balaban J connectivity index is 2.27. The lowest BCUT2D eigenvalue weighted by Crippen LogP contribution is -1.95. The van der Waals surface area contributed by atoms with Crippen molar-refractivity contribution in [1.82, 2.24) is 0 Å². The average Bonchev–Trinajstić information content (AvgIpc) is 2.47. The van der Waals surface area contributed by atoms with Crippen molar-refractivity contribution in [2.24, 2.45) is 0 Å². The molecule has 1 heterocycles. The molecule has 16 heavy (non-hydrogen) atoms. The van der Waals surface area contributed by atoms with Crippen molar-refractivity contribution >= 4 is 23.4 Å². The fourth-order valence-corrected chi connectivity index (χ4v) is 3.40. The summed E-state index contributed by atoms with van der Waals surface area (Å²) in [5.41, 5.74) is 2.94. The molecule has 0 radical (unpaired) electrons. The molecular weight excluding hydrogens is 236 g/mol. The van der Waals surface area contributed by atoms with Crippen LogP contribution in [-0.2, 0) is 5.75 Å². The van der Waals surface area contributed by atoms with Crippen LogP contribution < -0.4 is 0 Å². The van der Waals surface area contributed by atoms with Crippen LogP contribution in [0.15, 0.2) is 53.4 Å². The Hall–Kier alpha value is -0.920. The molecule has 2 aromatic rings. The van der Waals surface area contributed by atoms with Crippen molar-refractivity contribution < 1.29 is 1.37 Å². The molecule has 1 aliphatic rings. The molecule has 0 saturated carbocycles. The molecule has 0 spiro atoms. The molecule has 0 bridgehead atoms. The summed E-state index contributed by atoms with van der Waals surface area (Å²) in [5.74, 6) is 0.876. The lowest BCUT2D eigenvalue weighted by Gasteiger charge is -2.12. The third-order valence-electron chi connectivity index (χ3n) is 2.76. The average molecular weight is 248 g/mol. The molecule has 0 nitrogen and oxygen atoms in total. The lowest BCUT2D eigenvalue weighted by atomic mass is 10.0. The zero-order valence-electron chi connectivity index (χ0n) is 9.61. The number of benzene rings is 2.